The van der Waals surface area contributed by atoms with Crippen molar-refractivity contribution in [3.05, 3.63) is 41.2 Å². The predicted molar refractivity (Wildman–Crippen MR) is 54.7 cm³/mol. The zero-order chi connectivity index (χ0) is 10.7. The molecule has 0 spiro atoms. The Morgan fingerprint density at radius 1 is 1.40 bits per heavy atom. The molecule has 2 heterocycles. The van der Waals surface area contributed by atoms with Crippen LogP contribution in [0.25, 0.3) is 5.82 Å². The molecule has 0 saturated heterocycles. The molecule has 15 heavy (non-hydrogen) atoms. The van der Waals surface area contributed by atoms with E-state index >= 15 is 0 Å². The molecule has 0 aliphatic rings. The summed E-state index contributed by atoms with van der Waals surface area (Å²) in [5.41, 5.74) is 5.23. The maximum Gasteiger partial charge on any atom is 0.266 e. The standard InChI is InChI=1S/C9H11N5O/c10-3-5-14-9(15)2-1-8(12-14)13-6-4-11-7-13/h1-2,4,6-7H,3,5,10H2. The number of rotatable bonds is 3. The van der Waals surface area contributed by atoms with Crippen LogP contribution in [0.15, 0.2) is 35.6 Å². The van der Waals surface area contributed by atoms with E-state index < -0.39 is 0 Å². The van der Waals surface area contributed by atoms with Crippen molar-refractivity contribution in [3.8, 4) is 5.82 Å². The molecule has 0 aliphatic carbocycles. The van der Waals surface area contributed by atoms with Crippen molar-refractivity contribution in [1.82, 2.24) is 19.3 Å². The van der Waals surface area contributed by atoms with Crippen molar-refractivity contribution >= 4 is 0 Å². The zero-order valence-electron chi connectivity index (χ0n) is 8.08. The molecule has 2 rings (SSSR count). The van der Waals surface area contributed by atoms with Gasteiger partial charge in [-0.2, -0.15) is 5.10 Å². The van der Waals surface area contributed by atoms with Crippen LogP contribution in [0.1, 0.15) is 0 Å². The van der Waals surface area contributed by atoms with Gasteiger partial charge in [0.25, 0.3) is 5.56 Å². The molecule has 0 unspecified atom stereocenters. The molecule has 6 nitrogen and oxygen atoms in total. The molecule has 0 aliphatic heterocycles. The van der Waals surface area contributed by atoms with E-state index in [2.05, 4.69) is 10.1 Å². The average molecular weight is 205 g/mol. The zero-order valence-corrected chi connectivity index (χ0v) is 8.08. The molecule has 0 aromatic carbocycles. The molecule has 2 aromatic heterocycles. The summed E-state index contributed by atoms with van der Waals surface area (Å²) in [5.74, 6) is 0.653. The lowest BCUT2D eigenvalue weighted by molar-refractivity contribution is 0.580. The van der Waals surface area contributed by atoms with Crippen LogP contribution in [-0.2, 0) is 6.54 Å². The quantitative estimate of drug-likeness (QED) is 0.724. The van der Waals surface area contributed by atoms with E-state index in [1.165, 1.54) is 10.7 Å². The Morgan fingerprint density at radius 2 is 2.27 bits per heavy atom. The Bertz CT molecular complexity index is 487. The molecule has 0 radical (unpaired) electrons. The van der Waals surface area contributed by atoms with Crippen molar-refractivity contribution in [2.45, 2.75) is 6.54 Å². The van der Waals surface area contributed by atoms with Gasteiger partial charge in [-0.3, -0.25) is 9.36 Å². The highest BCUT2D eigenvalue weighted by Crippen LogP contribution is 1.98. The van der Waals surface area contributed by atoms with Gasteiger partial charge in [0.05, 0.1) is 6.54 Å². The Morgan fingerprint density at radius 3 is 2.93 bits per heavy atom. The maximum atomic E-state index is 11.4. The molecule has 6 heteroatoms. The van der Waals surface area contributed by atoms with Gasteiger partial charge in [0, 0.05) is 25.0 Å². The summed E-state index contributed by atoms with van der Waals surface area (Å²) < 4.78 is 3.07. The van der Waals surface area contributed by atoms with Gasteiger partial charge in [-0.15, -0.1) is 0 Å². The summed E-state index contributed by atoms with van der Waals surface area (Å²) >= 11 is 0. The Kier molecular flexibility index (Phi) is 2.59. The van der Waals surface area contributed by atoms with Gasteiger partial charge >= 0.3 is 0 Å². The van der Waals surface area contributed by atoms with E-state index in [0.29, 0.717) is 18.9 Å². The van der Waals surface area contributed by atoms with E-state index in [9.17, 15) is 4.79 Å². The first kappa shape index (κ1) is 9.60. The van der Waals surface area contributed by atoms with Crippen molar-refractivity contribution in [2.75, 3.05) is 6.54 Å². The van der Waals surface area contributed by atoms with Gasteiger partial charge < -0.3 is 5.73 Å². The summed E-state index contributed by atoms with van der Waals surface area (Å²) in [4.78, 5) is 15.3. The number of imidazole rings is 1. The fraction of sp³-hybridized carbons (Fsp3) is 0.222. The SMILES string of the molecule is NCCn1nc(-n2ccnc2)ccc1=O. The number of hydrogen-bond donors (Lipinski definition) is 1. The highest BCUT2D eigenvalue weighted by Gasteiger charge is 2.00. The smallest absolute Gasteiger partial charge is 0.266 e. The second-order valence-corrected chi connectivity index (χ2v) is 3.01. The second-order valence-electron chi connectivity index (χ2n) is 3.01. The van der Waals surface area contributed by atoms with E-state index in [0.717, 1.165) is 0 Å². The van der Waals surface area contributed by atoms with Crippen LogP contribution < -0.4 is 11.3 Å². The average Bonchev–Trinajstić information content (AvgIpc) is 2.75. The highest BCUT2D eigenvalue weighted by molar-refractivity contribution is 5.18. The molecule has 0 saturated carbocycles. The van der Waals surface area contributed by atoms with E-state index in [1.807, 2.05) is 0 Å². The molecule has 0 bridgehead atoms. The predicted octanol–water partition coefficient (Wildman–Crippen LogP) is -0.612. The highest BCUT2D eigenvalue weighted by atomic mass is 16.1. The lowest BCUT2D eigenvalue weighted by atomic mass is 10.5. The van der Waals surface area contributed by atoms with E-state index in [4.69, 9.17) is 5.73 Å². The van der Waals surface area contributed by atoms with Crippen molar-refractivity contribution < 1.29 is 0 Å². The topological polar surface area (TPSA) is 78.7 Å². The fourth-order valence-electron chi connectivity index (χ4n) is 1.25. The Balaban J connectivity index is 2.43. The van der Waals surface area contributed by atoms with E-state index in [-0.39, 0.29) is 5.56 Å². The van der Waals surface area contributed by atoms with Crippen LogP contribution in [0.5, 0.6) is 0 Å². The third kappa shape index (κ3) is 1.94. The minimum atomic E-state index is -0.149. The monoisotopic (exact) mass is 205 g/mol. The van der Waals surface area contributed by atoms with Crippen LogP contribution in [0, 0.1) is 0 Å². The van der Waals surface area contributed by atoms with Gasteiger partial charge in [-0.05, 0) is 6.07 Å². The number of aromatic nitrogens is 4. The third-order valence-corrected chi connectivity index (χ3v) is 1.96. The fourth-order valence-corrected chi connectivity index (χ4v) is 1.25. The van der Waals surface area contributed by atoms with Crippen LogP contribution in [0.3, 0.4) is 0 Å². The minimum absolute atomic E-state index is 0.149. The minimum Gasteiger partial charge on any atom is -0.329 e. The van der Waals surface area contributed by atoms with Gasteiger partial charge in [0.15, 0.2) is 5.82 Å². The second kappa shape index (κ2) is 4.05. The molecule has 2 aromatic rings. The molecule has 0 amide bonds. The first-order valence-electron chi connectivity index (χ1n) is 4.58. The van der Waals surface area contributed by atoms with E-state index in [1.54, 1.807) is 29.4 Å². The van der Waals surface area contributed by atoms with Crippen LogP contribution in [0.2, 0.25) is 0 Å². The maximum absolute atomic E-state index is 11.4. The molecular weight excluding hydrogens is 194 g/mol. The molecule has 78 valence electrons. The molecular formula is C9H11N5O. The summed E-state index contributed by atoms with van der Waals surface area (Å²) in [6.07, 6.45) is 5.04. The van der Waals surface area contributed by atoms with Crippen LogP contribution in [-0.4, -0.2) is 25.9 Å². The summed E-state index contributed by atoms with van der Waals surface area (Å²) in [5, 5.41) is 4.15. The lowest BCUT2D eigenvalue weighted by Gasteiger charge is -2.05. The van der Waals surface area contributed by atoms with Crippen LogP contribution >= 0.6 is 0 Å². The number of nitrogens with zero attached hydrogens (tertiary/aromatic N) is 4. The lowest BCUT2D eigenvalue weighted by Crippen LogP contribution is -2.26. The Hall–Kier alpha value is -1.95. The Labute approximate surface area is 86.0 Å². The van der Waals surface area contributed by atoms with Crippen LogP contribution in [0.4, 0.5) is 0 Å². The van der Waals surface area contributed by atoms with Crippen molar-refractivity contribution in [2.24, 2.45) is 5.73 Å². The summed E-state index contributed by atoms with van der Waals surface area (Å²) in [6, 6.07) is 3.12. The largest absolute Gasteiger partial charge is 0.329 e. The summed E-state index contributed by atoms with van der Waals surface area (Å²) in [6.45, 7) is 0.807. The van der Waals surface area contributed by atoms with Crippen molar-refractivity contribution in [3.63, 3.8) is 0 Å². The van der Waals surface area contributed by atoms with Gasteiger partial charge in [-0.25, -0.2) is 9.67 Å². The third-order valence-electron chi connectivity index (χ3n) is 1.96. The van der Waals surface area contributed by atoms with Gasteiger partial charge in [-0.1, -0.05) is 0 Å². The summed E-state index contributed by atoms with van der Waals surface area (Å²) in [7, 11) is 0. The van der Waals surface area contributed by atoms with Crippen molar-refractivity contribution in [1.29, 1.82) is 0 Å². The number of nitrogens with two attached hydrogens (primary N) is 1. The van der Waals surface area contributed by atoms with Gasteiger partial charge in [0.1, 0.15) is 6.33 Å². The first-order valence-corrected chi connectivity index (χ1v) is 4.58. The molecule has 0 atom stereocenters. The van der Waals surface area contributed by atoms with Gasteiger partial charge in [0.2, 0.25) is 0 Å². The molecule has 0 fully saturated rings. The normalized spacial score (nSPS) is 10.5. The molecule has 2 N–H and O–H groups in total. The number of hydrogen-bond acceptors (Lipinski definition) is 4. The first-order chi connectivity index (χ1) is 7.31.